The summed E-state index contributed by atoms with van der Waals surface area (Å²) in [6.07, 6.45) is 1.59. The zero-order chi connectivity index (χ0) is 15.9. The molecule has 0 aliphatic carbocycles. The molecule has 21 heavy (non-hydrogen) atoms. The Kier molecular flexibility index (Phi) is 6.69. The Labute approximate surface area is 127 Å². The standard InChI is InChI=1S/C17H27NO3/c1-6-11-20-14-9-7-13(8-10-14)12-15(18-5)16(19)21-17(2,3)4/h7-10,15,18H,6,11-12H2,1-5H3/t15-/m0/s1. The van der Waals surface area contributed by atoms with Gasteiger partial charge in [-0.25, -0.2) is 0 Å². The van der Waals surface area contributed by atoms with E-state index in [-0.39, 0.29) is 12.0 Å². The van der Waals surface area contributed by atoms with E-state index in [9.17, 15) is 4.79 Å². The molecular weight excluding hydrogens is 266 g/mol. The van der Waals surface area contributed by atoms with E-state index < -0.39 is 5.60 Å². The maximum Gasteiger partial charge on any atom is 0.323 e. The molecule has 1 aromatic rings. The summed E-state index contributed by atoms with van der Waals surface area (Å²) in [6, 6.07) is 7.51. The van der Waals surface area contributed by atoms with E-state index in [1.165, 1.54) is 0 Å². The van der Waals surface area contributed by atoms with Crippen molar-refractivity contribution >= 4 is 5.97 Å². The summed E-state index contributed by atoms with van der Waals surface area (Å²) >= 11 is 0. The van der Waals surface area contributed by atoms with Crippen LogP contribution in [0.15, 0.2) is 24.3 Å². The van der Waals surface area contributed by atoms with E-state index >= 15 is 0 Å². The number of carbonyl (C=O) groups is 1. The molecule has 0 heterocycles. The number of likely N-dealkylation sites (N-methyl/N-ethyl adjacent to an activating group) is 1. The van der Waals surface area contributed by atoms with Crippen molar-refractivity contribution in [2.24, 2.45) is 0 Å². The van der Waals surface area contributed by atoms with Gasteiger partial charge in [-0.2, -0.15) is 0 Å². The highest BCUT2D eigenvalue weighted by Gasteiger charge is 2.24. The number of hydrogen-bond donors (Lipinski definition) is 1. The third-order valence-electron chi connectivity index (χ3n) is 2.88. The van der Waals surface area contributed by atoms with Gasteiger partial charge in [-0.15, -0.1) is 0 Å². The van der Waals surface area contributed by atoms with Gasteiger partial charge < -0.3 is 14.8 Å². The van der Waals surface area contributed by atoms with Crippen LogP contribution in [0, 0.1) is 0 Å². The summed E-state index contributed by atoms with van der Waals surface area (Å²) in [7, 11) is 1.77. The third kappa shape index (κ3) is 6.63. The monoisotopic (exact) mass is 293 g/mol. The summed E-state index contributed by atoms with van der Waals surface area (Å²) in [5.41, 5.74) is 0.605. The first-order chi connectivity index (χ1) is 9.85. The van der Waals surface area contributed by atoms with Gasteiger partial charge >= 0.3 is 5.97 Å². The molecule has 4 nitrogen and oxygen atoms in total. The van der Waals surface area contributed by atoms with Crippen LogP contribution in [0.25, 0.3) is 0 Å². The van der Waals surface area contributed by atoms with Gasteiger partial charge in [0.2, 0.25) is 0 Å². The fourth-order valence-corrected chi connectivity index (χ4v) is 1.85. The normalized spacial score (nSPS) is 12.8. The van der Waals surface area contributed by atoms with Crippen molar-refractivity contribution in [2.75, 3.05) is 13.7 Å². The number of benzene rings is 1. The number of ether oxygens (including phenoxy) is 2. The first kappa shape index (κ1) is 17.5. The summed E-state index contributed by atoms with van der Waals surface area (Å²) in [4.78, 5) is 12.1. The van der Waals surface area contributed by atoms with Crippen molar-refractivity contribution in [3.05, 3.63) is 29.8 Å². The second-order valence-electron chi connectivity index (χ2n) is 6.07. The molecule has 1 N–H and O–H groups in total. The minimum atomic E-state index is -0.468. The predicted octanol–water partition coefficient (Wildman–Crippen LogP) is 2.95. The number of carbonyl (C=O) groups excluding carboxylic acids is 1. The number of esters is 1. The van der Waals surface area contributed by atoms with E-state index in [0.29, 0.717) is 6.42 Å². The topological polar surface area (TPSA) is 47.6 Å². The summed E-state index contributed by atoms with van der Waals surface area (Å²) in [6.45, 7) is 8.41. The average molecular weight is 293 g/mol. The maximum atomic E-state index is 12.1. The van der Waals surface area contributed by atoms with E-state index in [2.05, 4.69) is 12.2 Å². The van der Waals surface area contributed by atoms with Crippen LogP contribution in [0.1, 0.15) is 39.7 Å². The van der Waals surface area contributed by atoms with E-state index in [4.69, 9.17) is 9.47 Å². The van der Waals surface area contributed by atoms with Gasteiger partial charge in [0.15, 0.2) is 0 Å². The molecule has 1 atom stereocenters. The van der Waals surface area contributed by atoms with Gasteiger partial charge in [-0.1, -0.05) is 19.1 Å². The molecular formula is C17H27NO3. The quantitative estimate of drug-likeness (QED) is 0.785. The van der Waals surface area contributed by atoms with Crippen molar-refractivity contribution in [2.45, 2.75) is 52.2 Å². The largest absolute Gasteiger partial charge is 0.494 e. The Bertz CT molecular complexity index is 434. The molecule has 0 unspecified atom stereocenters. The summed E-state index contributed by atoms with van der Waals surface area (Å²) in [5, 5.41) is 3.02. The molecule has 0 bridgehead atoms. The van der Waals surface area contributed by atoms with E-state index in [0.717, 1.165) is 24.3 Å². The van der Waals surface area contributed by atoms with Gasteiger partial charge in [0.25, 0.3) is 0 Å². The Morgan fingerprint density at radius 1 is 1.24 bits per heavy atom. The Morgan fingerprint density at radius 3 is 2.33 bits per heavy atom. The van der Waals surface area contributed by atoms with Gasteiger partial charge in [0, 0.05) is 0 Å². The van der Waals surface area contributed by atoms with E-state index in [1.54, 1.807) is 7.05 Å². The highest BCUT2D eigenvalue weighted by molar-refractivity contribution is 5.76. The van der Waals surface area contributed by atoms with Crippen molar-refractivity contribution in [3.63, 3.8) is 0 Å². The molecule has 0 aliphatic rings. The lowest BCUT2D eigenvalue weighted by Gasteiger charge is -2.23. The van der Waals surface area contributed by atoms with Crippen LogP contribution in [0.3, 0.4) is 0 Å². The Balaban J connectivity index is 2.62. The van der Waals surface area contributed by atoms with Crippen molar-refractivity contribution in [1.29, 1.82) is 0 Å². The van der Waals surface area contributed by atoms with Crippen LogP contribution in [0.5, 0.6) is 5.75 Å². The van der Waals surface area contributed by atoms with Crippen LogP contribution >= 0.6 is 0 Å². The molecule has 0 saturated heterocycles. The van der Waals surface area contributed by atoms with Crippen LogP contribution in [0.2, 0.25) is 0 Å². The second kappa shape index (κ2) is 8.03. The summed E-state index contributed by atoms with van der Waals surface area (Å²) < 4.78 is 11.0. The lowest BCUT2D eigenvalue weighted by atomic mass is 10.1. The van der Waals surface area contributed by atoms with Crippen molar-refractivity contribution in [1.82, 2.24) is 5.32 Å². The van der Waals surface area contributed by atoms with Gasteiger partial charge in [-0.05, 0) is 58.4 Å². The van der Waals surface area contributed by atoms with Gasteiger partial charge in [-0.3, -0.25) is 4.79 Å². The number of nitrogens with one attached hydrogen (secondary N) is 1. The molecule has 1 rings (SSSR count). The molecule has 4 heteroatoms. The molecule has 0 radical (unpaired) electrons. The molecule has 0 fully saturated rings. The first-order valence-electron chi connectivity index (χ1n) is 7.47. The minimum Gasteiger partial charge on any atom is -0.494 e. The number of rotatable bonds is 7. The lowest BCUT2D eigenvalue weighted by Crippen LogP contribution is -2.41. The Hall–Kier alpha value is -1.55. The van der Waals surface area contributed by atoms with Crippen LogP contribution in [-0.2, 0) is 16.0 Å². The van der Waals surface area contributed by atoms with Crippen molar-refractivity contribution < 1.29 is 14.3 Å². The molecule has 0 amide bonds. The zero-order valence-corrected chi connectivity index (χ0v) is 13.7. The fraction of sp³-hybridized carbons (Fsp3) is 0.588. The van der Waals surface area contributed by atoms with Crippen LogP contribution in [0.4, 0.5) is 0 Å². The fourth-order valence-electron chi connectivity index (χ4n) is 1.85. The minimum absolute atomic E-state index is 0.226. The third-order valence-corrected chi connectivity index (χ3v) is 2.88. The molecule has 0 spiro atoms. The molecule has 0 aliphatic heterocycles. The number of hydrogen-bond acceptors (Lipinski definition) is 4. The summed E-state index contributed by atoms with van der Waals surface area (Å²) in [5.74, 6) is 0.634. The highest BCUT2D eigenvalue weighted by Crippen LogP contribution is 2.15. The van der Waals surface area contributed by atoms with Gasteiger partial charge in [0.1, 0.15) is 17.4 Å². The predicted molar refractivity (Wildman–Crippen MR) is 84.6 cm³/mol. The second-order valence-corrected chi connectivity index (χ2v) is 6.07. The molecule has 1 aromatic carbocycles. The molecule has 118 valence electrons. The van der Waals surface area contributed by atoms with Gasteiger partial charge in [0.05, 0.1) is 6.61 Å². The lowest BCUT2D eigenvalue weighted by molar-refractivity contribution is -0.157. The molecule has 0 aromatic heterocycles. The molecule has 0 saturated carbocycles. The first-order valence-corrected chi connectivity index (χ1v) is 7.47. The van der Waals surface area contributed by atoms with Crippen LogP contribution in [-0.4, -0.2) is 31.3 Å². The van der Waals surface area contributed by atoms with Crippen molar-refractivity contribution in [3.8, 4) is 5.75 Å². The SMILES string of the molecule is CCCOc1ccc(C[C@H](NC)C(=O)OC(C)(C)C)cc1. The zero-order valence-electron chi connectivity index (χ0n) is 13.7. The highest BCUT2D eigenvalue weighted by atomic mass is 16.6. The van der Waals surface area contributed by atoms with E-state index in [1.807, 2.05) is 45.0 Å². The van der Waals surface area contributed by atoms with Crippen LogP contribution < -0.4 is 10.1 Å². The maximum absolute atomic E-state index is 12.1. The average Bonchev–Trinajstić information content (AvgIpc) is 2.41. The smallest absolute Gasteiger partial charge is 0.323 e. The Morgan fingerprint density at radius 2 is 1.86 bits per heavy atom.